The molecule has 1 fully saturated rings. The van der Waals surface area contributed by atoms with E-state index in [0.717, 1.165) is 0 Å². The van der Waals surface area contributed by atoms with Crippen LogP contribution in [0.15, 0.2) is 0 Å². The van der Waals surface area contributed by atoms with E-state index in [4.69, 9.17) is 4.74 Å². The Hall–Kier alpha value is -1.43. The van der Waals surface area contributed by atoms with Gasteiger partial charge in [-0.05, 0) is 26.2 Å². The van der Waals surface area contributed by atoms with Gasteiger partial charge in [-0.25, -0.2) is 0 Å². The predicted octanol–water partition coefficient (Wildman–Crippen LogP) is 0.700. The van der Waals surface area contributed by atoms with Gasteiger partial charge in [-0.3, -0.25) is 24.6 Å². The van der Waals surface area contributed by atoms with E-state index in [2.05, 4.69) is 5.32 Å². The Balaban J connectivity index is 2.77. The molecule has 6 heteroatoms. The summed E-state index contributed by atoms with van der Waals surface area (Å²) in [6.07, 6.45) is 0.662. The van der Waals surface area contributed by atoms with Crippen molar-refractivity contribution in [1.29, 1.82) is 0 Å². The number of amides is 2. The minimum Gasteiger partial charge on any atom is -0.468 e. The number of methoxy groups -OCH3 is 1. The van der Waals surface area contributed by atoms with Gasteiger partial charge in [-0.2, -0.15) is 0 Å². The molecule has 0 saturated carbocycles. The van der Waals surface area contributed by atoms with E-state index in [0.29, 0.717) is 6.42 Å². The zero-order valence-electron chi connectivity index (χ0n) is 12.8. The average molecular weight is 284 g/mol. The van der Waals surface area contributed by atoms with E-state index >= 15 is 0 Å². The summed E-state index contributed by atoms with van der Waals surface area (Å²) in [4.78, 5) is 37.0. The van der Waals surface area contributed by atoms with Crippen molar-refractivity contribution in [2.75, 3.05) is 7.11 Å². The molecule has 0 radical (unpaired) electrons. The zero-order valence-corrected chi connectivity index (χ0v) is 12.8. The minimum absolute atomic E-state index is 0.0998. The number of esters is 1. The fourth-order valence-electron chi connectivity index (χ4n) is 2.41. The monoisotopic (exact) mass is 284 g/mol. The second-order valence-corrected chi connectivity index (χ2v) is 5.82. The van der Waals surface area contributed by atoms with Gasteiger partial charge in [0.15, 0.2) is 0 Å². The van der Waals surface area contributed by atoms with E-state index in [1.54, 1.807) is 13.8 Å². The van der Waals surface area contributed by atoms with Gasteiger partial charge in [0.2, 0.25) is 11.8 Å². The number of hydrogen-bond acceptors (Lipinski definition) is 5. The van der Waals surface area contributed by atoms with E-state index < -0.39 is 18.1 Å². The van der Waals surface area contributed by atoms with Crippen LogP contribution in [0, 0.1) is 5.92 Å². The second kappa shape index (κ2) is 6.83. The lowest BCUT2D eigenvalue weighted by atomic mass is 10.0. The third-order valence-electron chi connectivity index (χ3n) is 3.29. The molecule has 2 unspecified atom stereocenters. The van der Waals surface area contributed by atoms with Crippen LogP contribution in [-0.2, 0) is 19.1 Å². The van der Waals surface area contributed by atoms with Gasteiger partial charge in [-0.1, -0.05) is 13.8 Å². The molecule has 1 heterocycles. The molecule has 1 aliphatic rings. The van der Waals surface area contributed by atoms with Crippen molar-refractivity contribution in [3.8, 4) is 0 Å². The van der Waals surface area contributed by atoms with E-state index in [9.17, 15) is 14.4 Å². The molecule has 0 aromatic carbocycles. The molecule has 6 nitrogen and oxygen atoms in total. The first-order valence-corrected chi connectivity index (χ1v) is 6.97. The summed E-state index contributed by atoms with van der Waals surface area (Å²) >= 11 is 0. The Morgan fingerprint density at radius 2 is 1.95 bits per heavy atom. The summed E-state index contributed by atoms with van der Waals surface area (Å²) in [5, 5.41) is 2.98. The van der Waals surface area contributed by atoms with Crippen molar-refractivity contribution >= 4 is 17.8 Å². The van der Waals surface area contributed by atoms with Crippen molar-refractivity contribution < 1.29 is 19.1 Å². The van der Waals surface area contributed by atoms with Crippen LogP contribution in [0.3, 0.4) is 0 Å². The molecule has 20 heavy (non-hydrogen) atoms. The lowest BCUT2D eigenvalue weighted by molar-refractivity contribution is -0.144. The fraction of sp³-hybridized carbons (Fsp3) is 0.786. The molecule has 1 N–H and O–H groups in total. The average Bonchev–Trinajstić information content (AvgIpc) is 2.61. The Morgan fingerprint density at radius 3 is 2.35 bits per heavy atom. The third kappa shape index (κ3) is 3.79. The number of nitrogens with zero attached hydrogens (tertiary/aromatic N) is 1. The largest absolute Gasteiger partial charge is 0.468 e. The van der Waals surface area contributed by atoms with Gasteiger partial charge in [0.1, 0.15) is 6.04 Å². The highest BCUT2D eigenvalue weighted by molar-refractivity contribution is 6.06. The summed E-state index contributed by atoms with van der Waals surface area (Å²) in [5.41, 5.74) is 0. The SMILES string of the molecule is COC(=O)C(CC(C)C)NC1CC(=O)N(C(C)C)C1=O. The number of likely N-dealkylation sites (tertiary alicyclic amines) is 1. The number of carbonyl (C=O) groups excluding carboxylic acids is 3. The van der Waals surface area contributed by atoms with Crippen LogP contribution in [0.4, 0.5) is 0 Å². The normalized spacial score (nSPS) is 20.9. The molecule has 2 atom stereocenters. The lowest BCUT2D eigenvalue weighted by Crippen LogP contribution is -2.49. The number of rotatable bonds is 6. The third-order valence-corrected chi connectivity index (χ3v) is 3.29. The smallest absolute Gasteiger partial charge is 0.322 e. The molecule has 0 aliphatic carbocycles. The van der Waals surface area contributed by atoms with Crippen LogP contribution < -0.4 is 5.32 Å². The van der Waals surface area contributed by atoms with Crippen LogP contribution in [-0.4, -0.2) is 47.9 Å². The topological polar surface area (TPSA) is 75.7 Å². The first-order chi connectivity index (χ1) is 9.27. The van der Waals surface area contributed by atoms with Crippen molar-refractivity contribution in [2.45, 2.75) is 58.7 Å². The molecule has 0 aromatic rings. The molecule has 2 amide bonds. The van der Waals surface area contributed by atoms with Gasteiger partial charge in [0.25, 0.3) is 0 Å². The summed E-state index contributed by atoms with van der Waals surface area (Å²) in [6, 6.07) is -1.36. The van der Waals surface area contributed by atoms with Gasteiger partial charge >= 0.3 is 5.97 Å². The van der Waals surface area contributed by atoms with Gasteiger partial charge < -0.3 is 4.74 Å². The zero-order chi connectivity index (χ0) is 15.4. The maximum absolute atomic E-state index is 12.2. The number of nitrogens with one attached hydrogen (secondary N) is 1. The number of ether oxygens (including phenoxy) is 1. The first kappa shape index (κ1) is 16.6. The molecule has 0 spiro atoms. The standard InChI is InChI=1S/C14H24N2O4/c1-8(2)6-11(14(19)20-5)15-10-7-12(17)16(9(3)4)13(10)18/h8-11,15H,6-7H2,1-5H3. The Morgan fingerprint density at radius 1 is 1.35 bits per heavy atom. The van der Waals surface area contributed by atoms with Crippen molar-refractivity contribution in [3.05, 3.63) is 0 Å². The Bertz CT molecular complexity index is 393. The molecule has 1 rings (SSSR count). The molecule has 1 aliphatic heterocycles. The Labute approximate surface area is 119 Å². The van der Waals surface area contributed by atoms with Crippen LogP contribution >= 0.6 is 0 Å². The van der Waals surface area contributed by atoms with Crippen molar-refractivity contribution in [2.24, 2.45) is 5.92 Å². The van der Waals surface area contributed by atoms with Gasteiger partial charge in [0.05, 0.1) is 19.6 Å². The summed E-state index contributed by atoms with van der Waals surface area (Å²) in [7, 11) is 1.32. The summed E-state index contributed by atoms with van der Waals surface area (Å²) in [5.74, 6) is -0.583. The van der Waals surface area contributed by atoms with Crippen LogP contribution in [0.25, 0.3) is 0 Å². The molecule has 0 aromatic heterocycles. The predicted molar refractivity (Wildman–Crippen MR) is 73.8 cm³/mol. The maximum atomic E-state index is 12.2. The van der Waals surface area contributed by atoms with Crippen molar-refractivity contribution in [3.63, 3.8) is 0 Å². The number of imide groups is 1. The number of hydrogen-bond donors (Lipinski definition) is 1. The van der Waals surface area contributed by atoms with E-state index in [1.165, 1.54) is 12.0 Å². The summed E-state index contributed by atoms with van der Waals surface area (Å²) in [6.45, 7) is 7.56. The fourth-order valence-corrected chi connectivity index (χ4v) is 2.41. The van der Waals surface area contributed by atoms with E-state index in [1.807, 2.05) is 13.8 Å². The summed E-state index contributed by atoms with van der Waals surface area (Å²) < 4.78 is 4.75. The maximum Gasteiger partial charge on any atom is 0.322 e. The lowest BCUT2D eigenvalue weighted by Gasteiger charge is -2.23. The van der Waals surface area contributed by atoms with Crippen LogP contribution in [0.2, 0.25) is 0 Å². The highest BCUT2D eigenvalue weighted by atomic mass is 16.5. The highest BCUT2D eigenvalue weighted by Gasteiger charge is 2.41. The highest BCUT2D eigenvalue weighted by Crippen LogP contribution is 2.18. The molecular weight excluding hydrogens is 260 g/mol. The van der Waals surface area contributed by atoms with E-state index in [-0.39, 0.29) is 30.2 Å². The van der Waals surface area contributed by atoms with Gasteiger partial charge in [-0.15, -0.1) is 0 Å². The van der Waals surface area contributed by atoms with Gasteiger partial charge in [0, 0.05) is 6.04 Å². The molecular formula is C14H24N2O4. The quantitative estimate of drug-likeness (QED) is 0.574. The molecule has 1 saturated heterocycles. The first-order valence-electron chi connectivity index (χ1n) is 6.97. The van der Waals surface area contributed by atoms with Crippen LogP contribution in [0.1, 0.15) is 40.5 Å². The second-order valence-electron chi connectivity index (χ2n) is 5.82. The van der Waals surface area contributed by atoms with Crippen LogP contribution in [0.5, 0.6) is 0 Å². The Kier molecular flexibility index (Phi) is 5.68. The molecule has 0 bridgehead atoms. The van der Waals surface area contributed by atoms with Crippen molar-refractivity contribution in [1.82, 2.24) is 10.2 Å². The molecule has 114 valence electrons. The number of carbonyl (C=O) groups is 3. The minimum atomic E-state index is -0.632.